The number of carbonyl (C=O) groups excluding carboxylic acids is 1. The van der Waals surface area contributed by atoms with Gasteiger partial charge in [0.05, 0.1) is 7.11 Å². The summed E-state index contributed by atoms with van der Waals surface area (Å²) < 4.78 is 43.4. The maximum absolute atomic E-state index is 12.8. The largest absolute Gasteiger partial charge is 0.497 e. The molecule has 96 valence electrons. The topological polar surface area (TPSA) is 38.3 Å². The number of ether oxygens (including phenoxy) is 1. The number of hydrogen-bond acceptors (Lipinski definition) is 3. The lowest BCUT2D eigenvalue weighted by atomic mass is 9.96. The summed E-state index contributed by atoms with van der Waals surface area (Å²) in [5.74, 6) is 0.407. The van der Waals surface area contributed by atoms with Gasteiger partial charge >= 0.3 is 6.18 Å². The van der Waals surface area contributed by atoms with Gasteiger partial charge in [0.1, 0.15) is 11.5 Å². The molecule has 1 heterocycles. The van der Waals surface area contributed by atoms with Gasteiger partial charge in [-0.2, -0.15) is 13.2 Å². The molecule has 0 radical (unpaired) electrons. The Kier molecular flexibility index (Phi) is 3.02. The molecule has 0 spiro atoms. The monoisotopic (exact) mass is 257 g/mol. The fraction of sp³-hybridized carbons (Fsp3) is 0.250. The first-order valence-corrected chi connectivity index (χ1v) is 5.15. The van der Waals surface area contributed by atoms with Crippen LogP contribution < -0.4 is 5.32 Å². The number of rotatable bonds is 2. The quantitative estimate of drug-likeness (QED) is 0.772. The number of allylic oxidation sites excluding steroid dienone is 6. The molecule has 2 rings (SSSR count). The molecule has 1 N–H and O–H groups in total. The van der Waals surface area contributed by atoms with E-state index in [0.717, 1.165) is 0 Å². The molecule has 6 heteroatoms. The van der Waals surface area contributed by atoms with Gasteiger partial charge in [-0.1, -0.05) is 0 Å². The summed E-state index contributed by atoms with van der Waals surface area (Å²) in [6.07, 6.45) is 0.382. The molecule has 1 aliphatic carbocycles. The van der Waals surface area contributed by atoms with Gasteiger partial charge in [-0.3, -0.25) is 4.79 Å². The van der Waals surface area contributed by atoms with E-state index >= 15 is 0 Å². The molecule has 0 saturated heterocycles. The van der Waals surface area contributed by atoms with Crippen LogP contribution in [-0.4, -0.2) is 19.6 Å². The summed E-state index contributed by atoms with van der Waals surface area (Å²) in [7, 11) is 1.42. The van der Waals surface area contributed by atoms with Crippen molar-refractivity contribution >= 4 is 6.29 Å². The molecule has 0 fully saturated rings. The van der Waals surface area contributed by atoms with Crippen LogP contribution in [0.3, 0.4) is 0 Å². The Morgan fingerprint density at radius 3 is 2.67 bits per heavy atom. The molecule has 0 aromatic heterocycles. The van der Waals surface area contributed by atoms with E-state index in [2.05, 4.69) is 5.32 Å². The van der Waals surface area contributed by atoms with Gasteiger partial charge in [0.25, 0.3) is 0 Å². The maximum Gasteiger partial charge on any atom is 0.431 e. The predicted octanol–water partition coefficient (Wildman–Crippen LogP) is 2.35. The number of aldehydes is 1. The zero-order valence-corrected chi connectivity index (χ0v) is 9.47. The van der Waals surface area contributed by atoms with Gasteiger partial charge in [0, 0.05) is 17.7 Å². The molecule has 0 atom stereocenters. The van der Waals surface area contributed by atoms with Crippen LogP contribution in [0.15, 0.2) is 46.5 Å². The first kappa shape index (κ1) is 12.5. The number of methoxy groups -OCH3 is 1. The number of nitrogens with one attached hydrogen (secondary N) is 1. The maximum atomic E-state index is 12.8. The van der Waals surface area contributed by atoms with Crippen molar-refractivity contribution in [2.75, 3.05) is 7.11 Å². The fourth-order valence-corrected chi connectivity index (χ4v) is 1.85. The lowest BCUT2D eigenvalue weighted by molar-refractivity contribution is -0.108. The average molecular weight is 257 g/mol. The van der Waals surface area contributed by atoms with Crippen LogP contribution in [0.5, 0.6) is 0 Å². The van der Waals surface area contributed by atoms with Crippen molar-refractivity contribution in [3.63, 3.8) is 0 Å². The normalized spacial score (nSPS) is 19.2. The van der Waals surface area contributed by atoms with Crippen molar-refractivity contribution in [3.05, 3.63) is 46.5 Å². The highest BCUT2D eigenvalue weighted by atomic mass is 19.4. The van der Waals surface area contributed by atoms with Crippen molar-refractivity contribution in [3.8, 4) is 0 Å². The second-order valence-corrected chi connectivity index (χ2v) is 3.84. The molecule has 1 aliphatic heterocycles. The lowest BCUT2D eigenvalue weighted by Gasteiger charge is -2.25. The van der Waals surface area contributed by atoms with Gasteiger partial charge < -0.3 is 10.1 Å². The van der Waals surface area contributed by atoms with E-state index in [9.17, 15) is 18.0 Å². The van der Waals surface area contributed by atoms with Crippen LogP contribution in [0, 0.1) is 0 Å². The number of fused-ring (bicyclic) bond motifs is 2. The molecule has 18 heavy (non-hydrogen) atoms. The standard InChI is InChI=1S/C12H10F3NO2/c1-18-9-3-2-8-4-7(5-9)10(6-17)11(16-8)12(13,14)15/h2-3,5-6,16H,4H2,1H3. The lowest BCUT2D eigenvalue weighted by Crippen LogP contribution is -2.32. The smallest absolute Gasteiger partial charge is 0.431 e. The fourth-order valence-electron chi connectivity index (χ4n) is 1.85. The number of halogens is 3. The first-order chi connectivity index (χ1) is 8.45. The average Bonchev–Trinajstić information content (AvgIpc) is 2.47. The van der Waals surface area contributed by atoms with Crippen LogP contribution in [0.2, 0.25) is 0 Å². The van der Waals surface area contributed by atoms with E-state index in [1.54, 1.807) is 6.08 Å². The minimum Gasteiger partial charge on any atom is -0.497 e. The first-order valence-electron chi connectivity index (χ1n) is 5.15. The summed E-state index contributed by atoms with van der Waals surface area (Å²) in [6.45, 7) is 0. The summed E-state index contributed by atoms with van der Waals surface area (Å²) in [5.41, 5.74) is -0.712. The molecular formula is C12H10F3NO2. The van der Waals surface area contributed by atoms with E-state index < -0.39 is 11.9 Å². The molecule has 0 saturated carbocycles. The Hall–Kier alpha value is -1.98. The Balaban J connectivity index is 2.58. The summed E-state index contributed by atoms with van der Waals surface area (Å²) in [5, 5.41) is 2.25. The summed E-state index contributed by atoms with van der Waals surface area (Å²) in [6, 6.07) is 0. The molecule has 3 nitrogen and oxygen atoms in total. The third-order valence-electron chi connectivity index (χ3n) is 2.68. The van der Waals surface area contributed by atoms with Crippen molar-refractivity contribution < 1.29 is 22.7 Å². The number of carbonyl (C=O) groups is 1. The highest BCUT2D eigenvalue weighted by molar-refractivity contribution is 5.83. The van der Waals surface area contributed by atoms with E-state index in [-0.39, 0.29) is 18.3 Å². The van der Waals surface area contributed by atoms with Crippen LogP contribution >= 0.6 is 0 Å². The van der Waals surface area contributed by atoms with Crippen molar-refractivity contribution in [1.29, 1.82) is 0 Å². The van der Waals surface area contributed by atoms with Gasteiger partial charge in [-0.15, -0.1) is 0 Å². The molecule has 0 amide bonds. The van der Waals surface area contributed by atoms with Crippen molar-refractivity contribution in [2.24, 2.45) is 0 Å². The highest BCUT2D eigenvalue weighted by Gasteiger charge is 2.40. The third kappa shape index (κ3) is 2.18. The van der Waals surface area contributed by atoms with Crippen LogP contribution in [0.25, 0.3) is 0 Å². The van der Waals surface area contributed by atoms with Gasteiger partial charge in [0.2, 0.25) is 0 Å². The van der Waals surface area contributed by atoms with E-state index in [0.29, 0.717) is 17.0 Å². The zero-order chi connectivity index (χ0) is 13.3. The summed E-state index contributed by atoms with van der Waals surface area (Å²) >= 11 is 0. The number of alkyl halides is 3. The van der Waals surface area contributed by atoms with Crippen LogP contribution in [0.1, 0.15) is 6.42 Å². The molecule has 2 bridgehead atoms. The van der Waals surface area contributed by atoms with Crippen LogP contribution in [0.4, 0.5) is 13.2 Å². The second-order valence-electron chi connectivity index (χ2n) is 3.84. The van der Waals surface area contributed by atoms with Gasteiger partial charge in [-0.05, 0) is 23.8 Å². The van der Waals surface area contributed by atoms with E-state index in [4.69, 9.17) is 4.74 Å². The Labute approximate surface area is 101 Å². The second kappa shape index (κ2) is 4.36. The Morgan fingerprint density at radius 2 is 2.11 bits per heavy atom. The van der Waals surface area contributed by atoms with Gasteiger partial charge in [-0.25, -0.2) is 0 Å². The molecular weight excluding hydrogens is 247 g/mol. The van der Waals surface area contributed by atoms with Gasteiger partial charge in [0.15, 0.2) is 6.29 Å². The Morgan fingerprint density at radius 1 is 1.39 bits per heavy atom. The minimum absolute atomic E-state index is 0.219. The zero-order valence-electron chi connectivity index (χ0n) is 9.47. The Bertz CT molecular complexity index is 510. The third-order valence-corrected chi connectivity index (χ3v) is 2.68. The van der Waals surface area contributed by atoms with E-state index in [1.165, 1.54) is 19.3 Å². The molecule has 0 aromatic rings. The molecule has 0 unspecified atom stereocenters. The van der Waals surface area contributed by atoms with Crippen LogP contribution in [-0.2, 0) is 9.53 Å². The summed E-state index contributed by atoms with van der Waals surface area (Å²) in [4.78, 5) is 10.9. The van der Waals surface area contributed by atoms with E-state index in [1.807, 2.05) is 0 Å². The predicted molar refractivity (Wildman–Crippen MR) is 58.2 cm³/mol. The van der Waals surface area contributed by atoms with Crippen molar-refractivity contribution in [1.82, 2.24) is 5.32 Å². The number of hydrogen-bond donors (Lipinski definition) is 1. The SMILES string of the molecule is COC1=CC=C2CC(=C1)C(C=O)=C(C(F)(F)F)N2. The minimum atomic E-state index is -4.59. The molecule has 0 aromatic carbocycles. The van der Waals surface area contributed by atoms with Crippen molar-refractivity contribution in [2.45, 2.75) is 12.6 Å². The highest BCUT2D eigenvalue weighted by Crippen LogP contribution is 2.36. The molecule has 2 aliphatic rings.